The molecule has 3 nitrogen and oxygen atoms in total. The number of carboxylic acids is 1. The second-order valence-corrected chi connectivity index (χ2v) is 1.36. The standard InChI is InChI=1S/C4H3NO2/c5-4(1-2-4)3(6)7/h5H2,(H,6,7). The summed E-state index contributed by atoms with van der Waals surface area (Å²) in [5.41, 5.74) is 3.63. The van der Waals surface area contributed by atoms with Crippen LogP contribution >= 0.6 is 0 Å². The van der Waals surface area contributed by atoms with Crippen molar-refractivity contribution < 1.29 is 9.90 Å². The molecule has 0 aromatic heterocycles. The van der Waals surface area contributed by atoms with Crippen LogP contribution in [0.2, 0.25) is 0 Å². The highest BCUT2D eigenvalue weighted by atomic mass is 16.4. The molecule has 0 unspecified atom stereocenters. The van der Waals surface area contributed by atoms with Crippen molar-refractivity contribution in [3.8, 4) is 11.8 Å². The first-order chi connectivity index (χ1) is 3.15. The number of carboxylic acid groups (broad SMARTS) is 1. The largest absolute Gasteiger partial charge is 0.478 e. The Kier molecular flexibility index (Phi) is 0.473. The molecule has 36 valence electrons. The van der Waals surface area contributed by atoms with E-state index in [0.29, 0.717) is 0 Å². The molecular formula is C4H3NO2. The first-order valence-electron chi connectivity index (χ1n) is 1.72. The Balaban J connectivity index is 2.59. The quantitative estimate of drug-likeness (QED) is 0.403. The van der Waals surface area contributed by atoms with Crippen molar-refractivity contribution in [1.29, 1.82) is 0 Å². The summed E-state index contributed by atoms with van der Waals surface area (Å²) in [7, 11) is 0. The maximum atomic E-state index is 9.83. The molecule has 7 heavy (non-hydrogen) atoms. The van der Waals surface area contributed by atoms with E-state index >= 15 is 0 Å². The number of aliphatic carboxylic acids is 1. The molecule has 0 spiro atoms. The van der Waals surface area contributed by atoms with E-state index < -0.39 is 11.5 Å². The predicted molar refractivity (Wildman–Crippen MR) is 22.3 cm³/mol. The number of carbonyl (C=O) groups is 1. The molecule has 0 aliphatic heterocycles. The molecule has 0 amide bonds. The van der Waals surface area contributed by atoms with Crippen molar-refractivity contribution in [2.75, 3.05) is 0 Å². The normalized spacial score (nSPS) is 19.6. The Bertz CT molecular complexity index is 166. The lowest BCUT2D eigenvalue weighted by Gasteiger charge is -1.94. The summed E-state index contributed by atoms with van der Waals surface area (Å²) in [6.45, 7) is 0. The first-order valence-corrected chi connectivity index (χ1v) is 1.72. The Morgan fingerprint density at radius 2 is 2.14 bits per heavy atom. The van der Waals surface area contributed by atoms with Gasteiger partial charge in [0, 0.05) is 0 Å². The fourth-order valence-electron chi connectivity index (χ4n) is 0.174. The Morgan fingerprint density at radius 1 is 1.71 bits per heavy atom. The van der Waals surface area contributed by atoms with Crippen molar-refractivity contribution in [1.82, 2.24) is 0 Å². The molecule has 0 aromatic carbocycles. The van der Waals surface area contributed by atoms with E-state index in [1.807, 2.05) is 0 Å². The number of nitrogens with two attached hydrogens (primary N) is 1. The van der Waals surface area contributed by atoms with Crippen LogP contribution in [-0.2, 0) is 4.79 Å². The minimum Gasteiger partial charge on any atom is -0.478 e. The molecule has 0 saturated heterocycles. The summed E-state index contributed by atoms with van der Waals surface area (Å²) in [5.74, 6) is 3.39. The van der Waals surface area contributed by atoms with Crippen molar-refractivity contribution in [2.45, 2.75) is 5.54 Å². The van der Waals surface area contributed by atoms with E-state index in [1.165, 1.54) is 0 Å². The van der Waals surface area contributed by atoms with Gasteiger partial charge in [-0.05, 0) is 0 Å². The monoisotopic (exact) mass is 97.0 g/mol. The zero-order valence-electron chi connectivity index (χ0n) is 3.43. The number of hydrogen-bond acceptors (Lipinski definition) is 2. The third-order valence-electron chi connectivity index (χ3n) is 0.732. The van der Waals surface area contributed by atoms with Gasteiger partial charge < -0.3 is 5.11 Å². The Hall–Kier alpha value is -1.01. The van der Waals surface area contributed by atoms with Crippen LogP contribution in [0.1, 0.15) is 0 Å². The van der Waals surface area contributed by atoms with Crippen LogP contribution in [0.5, 0.6) is 0 Å². The van der Waals surface area contributed by atoms with Gasteiger partial charge >= 0.3 is 5.97 Å². The van der Waals surface area contributed by atoms with Crippen molar-refractivity contribution in [2.24, 2.45) is 5.73 Å². The van der Waals surface area contributed by atoms with Gasteiger partial charge in [0.25, 0.3) is 0 Å². The van der Waals surface area contributed by atoms with Crippen molar-refractivity contribution in [3.63, 3.8) is 0 Å². The van der Waals surface area contributed by atoms with Gasteiger partial charge in [-0.2, -0.15) is 0 Å². The lowest BCUT2D eigenvalue weighted by molar-refractivity contribution is -0.138. The van der Waals surface area contributed by atoms with Crippen LogP contribution in [-0.4, -0.2) is 16.6 Å². The summed E-state index contributed by atoms with van der Waals surface area (Å²) in [6, 6.07) is 0. The van der Waals surface area contributed by atoms with E-state index in [9.17, 15) is 4.79 Å². The minimum absolute atomic E-state index is 1.09. The summed E-state index contributed by atoms with van der Waals surface area (Å²) < 4.78 is 0. The highest BCUT2D eigenvalue weighted by Gasteiger charge is 2.37. The second-order valence-electron chi connectivity index (χ2n) is 1.36. The SMILES string of the molecule is NC1(C(=O)O)C#C1. The second kappa shape index (κ2) is 0.796. The summed E-state index contributed by atoms with van der Waals surface area (Å²) >= 11 is 0. The molecule has 0 aromatic rings. The van der Waals surface area contributed by atoms with Gasteiger partial charge in [-0.1, -0.05) is 11.8 Å². The fraction of sp³-hybridized carbons (Fsp3) is 0.250. The van der Waals surface area contributed by atoms with Gasteiger partial charge in [0.1, 0.15) is 0 Å². The molecule has 3 N–H and O–H groups in total. The van der Waals surface area contributed by atoms with Gasteiger partial charge in [0.2, 0.25) is 5.54 Å². The lowest BCUT2D eigenvalue weighted by atomic mass is 10.2. The zero-order valence-corrected chi connectivity index (χ0v) is 3.43. The van der Waals surface area contributed by atoms with Gasteiger partial charge in [-0.3, -0.25) is 5.73 Å². The van der Waals surface area contributed by atoms with Crippen LogP contribution in [0.4, 0.5) is 0 Å². The Labute approximate surface area is 40.1 Å². The molecule has 0 heterocycles. The molecule has 0 saturated carbocycles. The highest BCUT2D eigenvalue weighted by molar-refractivity contribution is 5.93. The van der Waals surface area contributed by atoms with Gasteiger partial charge in [0.05, 0.1) is 0 Å². The van der Waals surface area contributed by atoms with E-state index in [-0.39, 0.29) is 0 Å². The van der Waals surface area contributed by atoms with Crippen LogP contribution in [0.3, 0.4) is 0 Å². The average molecular weight is 97.1 g/mol. The third-order valence-corrected chi connectivity index (χ3v) is 0.732. The third kappa shape index (κ3) is 0.447. The molecule has 0 fully saturated rings. The van der Waals surface area contributed by atoms with Gasteiger partial charge in [-0.25, -0.2) is 4.79 Å². The van der Waals surface area contributed by atoms with Crippen LogP contribution in [0, 0.1) is 11.8 Å². The topological polar surface area (TPSA) is 63.3 Å². The van der Waals surface area contributed by atoms with Crippen LogP contribution in [0.25, 0.3) is 0 Å². The van der Waals surface area contributed by atoms with Gasteiger partial charge in [-0.15, -0.1) is 0 Å². The maximum Gasteiger partial charge on any atom is 0.349 e. The molecule has 1 aliphatic rings. The first kappa shape index (κ1) is 4.16. The predicted octanol–water partition coefficient (Wildman–Crippen LogP) is -1.21. The summed E-state index contributed by atoms with van der Waals surface area (Å²) in [5, 5.41) is 8.06. The van der Waals surface area contributed by atoms with Crippen LogP contribution in [0.15, 0.2) is 0 Å². The molecule has 0 atom stereocenters. The maximum absolute atomic E-state index is 9.83. The fourth-order valence-corrected chi connectivity index (χ4v) is 0.174. The number of rotatable bonds is 1. The molecule has 3 heteroatoms. The molecule has 1 aliphatic carbocycles. The smallest absolute Gasteiger partial charge is 0.349 e. The van der Waals surface area contributed by atoms with Crippen molar-refractivity contribution >= 4 is 5.97 Å². The van der Waals surface area contributed by atoms with Crippen LogP contribution < -0.4 is 5.73 Å². The molecule has 1 rings (SSSR count). The number of hydrogen-bond donors (Lipinski definition) is 2. The summed E-state index contributed by atoms with van der Waals surface area (Å²) in [4.78, 5) is 9.83. The molecule has 0 bridgehead atoms. The lowest BCUT2D eigenvalue weighted by Crippen LogP contribution is -2.36. The molecule has 0 radical (unpaired) electrons. The van der Waals surface area contributed by atoms with E-state index in [0.717, 1.165) is 0 Å². The highest BCUT2D eigenvalue weighted by Crippen LogP contribution is 2.06. The zero-order chi connectivity index (χ0) is 5.49. The van der Waals surface area contributed by atoms with Gasteiger partial charge in [0.15, 0.2) is 0 Å². The minimum atomic E-state index is -1.33. The van der Waals surface area contributed by atoms with E-state index in [2.05, 4.69) is 11.8 Å². The van der Waals surface area contributed by atoms with E-state index in [4.69, 9.17) is 10.8 Å². The van der Waals surface area contributed by atoms with Crippen molar-refractivity contribution in [3.05, 3.63) is 0 Å². The Morgan fingerprint density at radius 3 is 2.14 bits per heavy atom. The summed E-state index contributed by atoms with van der Waals surface area (Å²) in [6.07, 6.45) is 0. The van der Waals surface area contributed by atoms with E-state index in [1.54, 1.807) is 0 Å². The molecular weight excluding hydrogens is 94.0 g/mol. The average Bonchev–Trinajstić information content (AvgIpc) is 2.21.